The second-order valence-electron chi connectivity index (χ2n) is 3.34. The van der Waals surface area contributed by atoms with Crippen molar-refractivity contribution in [1.29, 1.82) is 0 Å². The number of ether oxygens (including phenoxy) is 1. The summed E-state index contributed by atoms with van der Waals surface area (Å²) in [6.45, 7) is 2.15. The third-order valence-electron chi connectivity index (χ3n) is 2.41. The molecule has 0 amide bonds. The molecule has 14 heavy (non-hydrogen) atoms. The monoisotopic (exact) mass is 197 g/mol. The van der Waals surface area contributed by atoms with E-state index in [4.69, 9.17) is 9.15 Å². The molecule has 0 fully saturated rings. The van der Waals surface area contributed by atoms with Crippen LogP contribution >= 0.6 is 0 Å². The molecule has 1 aromatic rings. The van der Waals surface area contributed by atoms with Crippen LogP contribution in [0.2, 0.25) is 0 Å². The van der Waals surface area contributed by atoms with Crippen LogP contribution in [0.4, 0.5) is 0 Å². The number of likely N-dealkylation sites (N-methyl/N-ethyl adjacent to an activating group) is 1. The summed E-state index contributed by atoms with van der Waals surface area (Å²) in [6.07, 6.45) is 4.01. The Bertz CT molecular complexity index is 233. The number of methoxy groups -OCH3 is 1. The lowest BCUT2D eigenvalue weighted by Crippen LogP contribution is -2.30. The highest BCUT2D eigenvalue weighted by atomic mass is 16.5. The molecule has 1 N–H and O–H groups in total. The van der Waals surface area contributed by atoms with Crippen molar-refractivity contribution >= 4 is 0 Å². The van der Waals surface area contributed by atoms with Gasteiger partial charge in [-0.2, -0.15) is 0 Å². The molecular weight excluding hydrogens is 178 g/mol. The molecule has 1 rings (SSSR count). The minimum Gasteiger partial charge on any atom is -0.468 e. The van der Waals surface area contributed by atoms with Crippen molar-refractivity contribution in [2.45, 2.75) is 31.9 Å². The van der Waals surface area contributed by atoms with E-state index < -0.39 is 0 Å². The van der Waals surface area contributed by atoms with Gasteiger partial charge in [-0.25, -0.2) is 0 Å². The van der Waals surface area contributed by atoms with E-state index in [0.717, 1.165) is 18.6 Å². The molecule has 2 unspecified atom stereocenters. The quantitative estimate of drug-likeness (QED) is 0.760. The zero-order valence-electron chi connectivity index (χ0n) is 9.12. The Morgan fingerprint density at radius 2 is 2.36 bits per heavy atom. The maximum absolute atomic E-state index is 5.45. The Morgan fingerprint density at radius 3 is 2.79 bits per heavy atom. The van der Waals surface area contributed by atoms with Gasteiger partial charge in [0, 0.05) is 7.11 Å². The summed E-state index contributed by atoms with van der Waals surface area (Å²) in [4.78, 5) is 0. The van der Waals surface area contributed by atoms with Crippen LogP contribution in [0.25, 0.3) is 0 Å². The van der Waals surface area contributed by atoms with E-state index in [9.17, 15) is 0 Å². The molecule has 3 nitrogen and oxygen atoms in total. The summed E-state index contributed by atoms with van der Waals surface area (Å²) in [6, 6.07) is 4.02. The summed E-state index contributed by atoms with van der Waals surface area (Å²) < 4.78 is 10.8. The summed E-state index contributed by atoms with van der Waals surface area (Å²) in [5.41, 5.74) is 0. The van der Waals surface area contributed by atoms with Crippen molar-refractivity contribution in [3.05, 3.63) is 24.2 Å². The fourth-order valence-corrected chi connectivity index (χ4v) is 1.68. The van der Waals surface area contributed by atoms with Gasteiger partial charge in [0.15, 0.2) is 0 Å². The second kappa shape index (κ2) is 5.83. The van der Waals surface area contributed by atoms with Gasteiger partial charge in [-0.15, -0.1) is 0 Å². The predicted octanol–water partition coefficient (Wildman–Crippen LogP) is 2.36. The van der Waals surface area contributed by atoms with Crippen LogP contribution < -0.4 is 5.32 Å². The van der Waals surface area contributed by atoms with Crippen molar-refractivity contribution in [2.24, 2.45) is 0 Å². The molecule has 0 radical (unpaired) electrons. The van der Waals surface area contributed by atoms with Crippen LogP contribution in [0.5, 0.6) is 0 Å². The van der Waals surface area contributed by atoms with Crippen LogP contribution in [0.1, 0.15) is 31.6 Å². The molecule has 0 spiro atoms. The molecule has 0 aliphatic rings. The summed E-state index contributed by atoms with van der Waals surface area (Å²) in [5, 5.41) is 3.22. The fraction of sp³-hybridized carbons (Fsp3) is 0.636. The average Bonchev–Trinajstić information content (AvgIpc) is 2.71. The molecule has 2 atom stereocenters. The third-order valence-corrected chi connectivity index (χ3v) is 2.41. The van der Waals surface area contributed by atoms with Gasteiger partial charge in [0.2, 0.25) is 0 Å². The van der Waals surface area contributed by atoms with Gasteiger partial charge < -0.3 is 14.5 Å². The van der Waals surface area contributed by atoms with Crippen LogP contribution in [-0.4, -0.2) is 20.3 Å². The zero-order valence-corrected chi connectivity index (χ0v) is 9.12. The van der Waals surface area contributed by atoms with Crippen molar-refractivity contribution < 1.29 is 9.15 Å². The van der Waals surface area contributed by atoms with Crippen molar-refractivity contribution in [3.8, 4) is 0 Å². The van der Waals surface area contributed by atoms with Crippen molar-refractivity contribution in [3.63, 3.8) is 0 Å². The van der Waals surface area contributed by atoms with Gasteiger partial charge in [-0.1, -0.05) is 13.3 Å². The third kappa shape index (κ3) is 2.59. The van der Waals surface area contributed by atoms with Crippen LogP contribution in [-0.2, 0) is 4.74 Å². The lowest BCUT2D eigenvalue weighted by Gasteiger charge is -2.23. The molecule has 0 bridgehead atoms. The maximum Gasteiger partial charge on any atom is 0.123 e. The van der Waals surface area contributed by atoms with Gasteiger partial charge in [-0.05, 0) is 25.6 Å². The van der Waals surface area contributed by atoms with E-state index in [0.29, 0.717) is 0 Å². The first-order valence-electron chi connectivity index (χ1n) is 5.07. The van der Waals surface area contributed by atoms with Gasteiger partial charge in [-0.3, -0.25) is 0 Å². The first-order valence-corrected chi connectivity index (χ1v) is 5.07. The highest BCUT2D eigenvalue weighted by molar-refractivity contribution is 5.06. The van der Waals surface area contributed by atoms with Crippen LogP contribution in [0.15, 0.2) is 22.8 Å². The molecule has 0 saturated carbocycles. The number of nitrogens with one attached hydrogen (secondary N) is 1. The highest BCUT2D eigenvalue weighted by Gasteiger charge is 2.22. The van der Waals surface area contributed by atoms with E-state index in [1.54, 1.807) is 13.4 Å². The van der Waals surface area contributed by atoms with Gasteiger partial charge in [0.25, 0.3) is 0 Å². The van der Waals surface area contributed by atoms with E-state index in [-0.39, 0.29) is 12.1 Å². The number of hydrogen-bond acceptors (Lipinski definition) is 3. The summed E-state index contributed by atoms with van der Waals surface area (Å²) in [7, 11) is 3.67. The van der Waals surface area contributed by atoms with E-state index in [1.165, 1.54) is 0 Å². The molecule has 3 heteroatoms. The topological polar surface area (TPSA) is 34.4 Å². The van der Waals surface area contributed by atoms with E-state index >= 15 is 0 Å². The lowest BCUT2D eigenvalue weighted by atomic mass is 10.0. The normalized spacial score (nSPS) is 15.4. The second-order valence-corrected chi connectivity index (χ2v) is 3.34. The molecule has 1 aromatic heterocycles. The van der Waals surface area contributed by atoms with Crippen molar-refractivity contribution in [2.75, 3.05) is 14.2 Å². The van der Waals surface area contributed by atoms with Gasteiger partial charge >= 0.3 is 0 Å². The molecular formula is C11H19NO2. The van der Waals surface area contributed by atoms with Gasteiger partial charge in [0.1, 0.15) is 5.76 Å². The number of furan rings is 1. The van der Waals surface area contributed by atoms with E-state index in [2.05, 4.69) is 12.2 Å². The molecule has 0 aromatic carbocycles. The fourth-order valence-electron chi connectivity index (χ4n) is 1.68. The largest absolute Gasteiger partial charge is 0.468 e. The lowest BCUT2D eigenvalue weighted by molar-refractivity contribution is 0.0562. The molecule has 0 saturated heterocycles. The SMILES string of the molecule is CCCC(OC)C(NC)c1ccco1. The van der Waals surface area contributed by atoms with Crippen LogP contribution in [0, 0.1) is 0 Å². The minimum absolute atomic E-state index is 0.148. The minimum atomic E-state index is 0.148. The van der Waals surface area contributed by atoms with Crippen molar-refractivity contribution in [1.82, 2.24) is 5.32 Å². The zero-order chi connectivity index (χ0) is 10.4. The molecule has 80 valence electrons. The highest BCUT2D eigenvalue weighted by Crippen LogP contribution is 2.22. The molecule has 1 heterocycles. The Hall–Kier alpha value is -0.800. The summed E-state index contributed by atoms with van der Waals surface area (Å²) in [5.74, 6) is 0.938. The Balaban J connectivity index is 2.68. The average molecular weight is 197 g/mol. The molecule has 0 aliphatic heterocycles. The number of hydrogen-bond donors (Lipinski definition) is 1. The number of rotatable bonds is 6. The Morgan fingerprint density at radius 1 is 1.57 bits per heavy atom. The Kier molecular flexibility index (Phi) is 4.70. The molecule has 0 aliphatic carbocycles. The van der Waals surface area contributed by atoms with Gasteiger partial charge in [0.05, 0.1) is 18.4 Å². The van der Waals surface area contributed by atoms with E-state index in [1.807, 2.05) is 19.2 Å². The Labute approximate surface area is 85.4 Å². The standard InChI is InChI=1S/C11H19NO2/c1-4-6-9(13-3)11(12-2)10-7-5-8-14-10/h5,7-9,11-12H,4,6H2,1-3H3. The maximum atomic E-state index is 5.45. The first kappa shape index (κ1) is 11.3. The van der Waals surface area contributed by atoms with Crippen LogP contribution in [0.3, 0.4) is 0 Å². The summed E-state index contributed by atoms with van der Waals surface area (Å²) >= 11 is 0. The smallest absolute Gasteiger partial charge is 0.123 e. The predicted molar refractivity (Wildman–Crippen MR) is 56.2 cm³/mol. The first-order chi connectivity index (χ1) is 6.83.